The Bertz CT molecular complexity index is 1070. The highest BCUT2D eigenvalue weighted by Crippen LogP contribution is 2.49. The molecule has 6 nitrogen and oxygen atoms in total. The Morgan fingerprint density at radius 3 is 2.67 bits per heavy atom. The Balaban J connectivity index is 1.51. The lowest BCUT2D eigenvalue weighted by Gasteiger charge is -2.44. The van der Waals surface area contributed by atoms with Crippen LogP contribution in [0, 0.1) is 17.2 Å². The second-order valence-electron chi connectivity index (χ2n) is 9.70. The van der Waals surface area contributed by atoms with Crippen molar-refractivity contribution in [1.82, 2.24) is 10.2 Å². The molecular weight excluding hydrogens is 412 g/mol. The van der Waals surface area contributed by atoms with Gasteiger partial charge in [0, 0.05) is 31.2 Å². The molecule has 33 heavy (non-hydrogen) atoms. The molecule has 2 heterocycles. The summed E-state index contributed by atoms with van der Waals surface area (Å²) in [5.41, 5.74) is 4.86. The number of amides is 2. The molecule has 0 aromatic heterocycles. The molecule has 0 spiro atoms. The Kier molecular flexibility index (Phi) is 5.99. The van der Waals surface area contributed by atoms with Crippen LogP contribution in [0.5, 0.6) is 0 Å². The topological polar surface area (TPSA) is 79.6 Å². The number of carbonyl (C=O) groups excluding carboxylic acids is 1. The van der Waals surface area contributed by atoms with E-state index < -0.39 is 0 Å². The molecule has 1 saturated carbocycles. The van der Waals surface area contributed by atoms with E-state index in [0.29, 0.717) is 12.1 Å². The van der Waals surface area contributed by atoms with Crippen LogP contribution in [0.25, 0.3) is 11.1 Å². The molecular formula is C27H32N4O2. The number of nitriles is 1. The molecule has 2 N–H and O–H groups in total. The summed E-state index contributed by atoms with van der Waals surface area (Å²) in [6.45, 7) is 0.771. The standard InChI is InChI=1S/C27H32N4O2/c1-30-24-11-10-20(19-7-5-6-18(14-19)16-28)15-23(24)26-22(25(30)17-32)12-13-31(26)27(33)29-21-8-3-2-4-9-21/h5-7,10-11,14-15,21-22,25-26,32H,2-4,8-9,12-13,17H2,1H3,(H,29,33)/t22-,25+,26-/m0/s1. The lowest BCUT2D eigenvalue weighted by molar-refractivity contribution is 0.156. The summed E-state index contributed by atoms with van der Waals surface area (Å²) in [6, 6.07) is 16.4. The number of hydrogen-bond donors (Lipinski definition) is 2. The summed E-state index contributed by atoms with van der Waals surface area (Å²) >= 11 is 0. The van der Waals surface area contributed by atoms with Crippen molar-refractivity contribution in [2.75, 3.05) is 25.1 Å². The number of fused-ring (bicyclic) bond motifs is 3. The molecule has 2 aliphatic heterocycles. The Labute approximate surface area is 195 Å². The molecule has 5 rings (SSSR count). The van der Waals surface area contributed by atoms with Crippen molar-refractivity contribution >= 4 is 11.7 Å². The van der Waals surface area contributed by atoms with Crippen molar-refractivity contribution in [2.24, 2.45) is 5.92 Å². The SMILES string of the molecule is CN1c2ccc(-c3cccc(C#N)c3)cc2[C@@H]2[C@@H](CCN2C(=O)NC2CCCCC2)[C@H]1CO. The molecule has 2 fully saturated rings. The maximum Gasteiger partial charge on any atom is 0.318 e. The average Bonchev–Trinajstić information content (AvgIpc) is 3.30. The van der Waals surface area contributed by atoms with Crippen molar-refractivity contribution in [3.63, 3.8) is 0 Å². The van der Waals surface area contributed by atoms with Crippen LogP contribution in [0.15, 0.2) is 42.5 Å². The number of nitrogens with zero attached hydrogens (tertiary/aromatic N) is 3. The summed E-state index contributed by atoms with van der Waals surface area (Å²) < 4.78 is 0. The van der Waals surface area contributed by atoms with Gasteiger partial charge in [-0.05, 0) is 60.2 Å². The maximum atomic E-state index is 13.4. The van der Waals surface area contributed by atoms with E-state index in [0.717, 1.165) is 41.6 Å². The molecule has 1 aliphatic carbocycles. The number of urea groups is 1. The van der Waals surface area contributed by atoms with Crippen LogP contribution in [0.4, 0.5) is 10.5 Å². The van der Waals surface area contributed by atoms with Crippen molar-refractivity contribution in [3.8, 4) is 17.2 Å². The number of anilines is 1. The van der Waals surface area contributed by atoms with Gasteiger partial charge >= 0.3 is 6.03 Å². The molecule has 1 saturated heterocycles. The van der Waals surface area contributed by atoms with Crippen LogP contribution in [0.1, 0.15) is 55.7 Å². The molecule has 2 aromatic carbocycles. The molecule has 0 unspecified atom stereocenters. The number of likely N-dealkylation sites (N-methyl/N-ethyl adjacent to an activating group) is 1. The van der Waals surface area contributed by atoms with Crippen LogP contribution in [0.3, 0.4) is 0 Å². The first-order chi connectivity index (χ1) is 16.1. The lowest BCUT2D eigenvalue weighted by atomic mass is 9.81. The second-order valence-corrected chi connectivity index (χ2v) is 9.70. The van der Waals surface area contributed by atoms with Gasteiger partial charge in [-0.25, -0.2) is 4.79 Å². The highest BCUT2D eigenvalue weighted by molar-refractivity contribution is 5.78. The van der Waals surface area contributed by atoms with Gasteiger partial charge < -0.3 is 20.2 Å². The zero-order chi connectivity index (χ0) is 22.9. The third kappa shape index (κ3) is 3.95. The van der Waals surface area contributed by atoms with Gasteiger partial charge in [0.25, 0.3) is 0 Å². The fourth-order valence-corrected chi connectivity index (χ4v) is 6.13. The predicted octanol–water partition coefficient (Wildman–Crippen LogP) is 4.44. The number of aliphatic hydroxyl groups is 1. The summed E-state index contributed by atoms with van der Waals surface area (Å²) in [6.07, 6.45) is 6.63. The van der Waals surface area contributed by atoms with E-state index in [1.165, 1.54) is 19.3 Å². The molecule has 0 radical (unpaired) electrons. The van der Waals surface area contributed by atoms with Crippen LogP contribution < -0.4 is 10.2 Å². The summed E-state index contributed by atoms with van der Waals surface area (Å²) in [7, 11) is 2.04. The number of nitrogens with one attached hydrogen (secondary N) is 1. The third-order valence-electron chi connectivity index (χ3n) is 7.87. The number of rotatable bonds is 3. The minimum absolute atomic E-state index is 0.0113. The van der Waals surface area contributed by atoms with Gasteiger partial charge in [0.05, 0.1) is 30.3 Å². The Morgan fingerprint density at radius 2 is 1.91 bits per heavy atom. The predicted molar refractivity (Wildman–Crippen MR) is 129 cm³/mol. The van der Waals surface area contributed by atoms with Gasteiger partial charge in [0.2, 0.25) is 0 Å². The average molecular weight is 445 g/mol. The van der Waals surface area contributed by atoms with E-state index in [1.54, 1.807) is 0 Å². The van der Waals surface area contributed by atoms with E-state index >= 15 is 0 Å². The number of likely N-dealkylation sites (tertiary alicyclic amines) is 1. The summed E-state index contributed by atoms with van der Waals surface area (Å²) in [5, 5.41) is 22.8. The van der Waals surface area contributed by atoms with Crippen LogP contribution >= 0.6 is 0 Å². The number of carbonyl (C=O) groups is 1. The van der Waals surface area contributed by atoms with Crippen LogP contribution in [0.2, 0.25) is 0 Å². The highest BCUT2D eigenvalue weighted by Gasteiger charge is 2.47. The highest BCUT2D eigenvalue weighted by atomic mass is 16.3. The molecule has 2 aromatic rings. The van der Waals surface area contributed by atoms with Gasteiger partial charge in [-0.1, -0.05) is 37.5 Å². The summed E-state index contributed by atoms with van der Waals surface area (Å²) in [5.74, 6) is 0.185. The van der Waals surface area contributed by atoms with E-state index in [2.05, 4.69) is 34.5 Å². The first kappa shape index (κ1) is 21.8. The maximum absolute atomic E-state index is 13.4. The lowest BCUT2D eigenvalue weighted by Crippen LogP contribution is -2.50. The Hall–Kier alpha value is -3.04. The number of hydrogen-bond acceptors (Lipinski definition) is 4. The largest absolute Gasteiger partial charge is 0.394 e. The van der Waals surface area contributed by atoms with Gasteiger partial charge in [-0.15, -0.1) is 0 Å². The van der Waals surface area contributed by atoms with Crippen LogP contribution in [-0.2, 0) is 0 Å². The normalized spacial score (nSPS) is 24.7. The number of aliphatic hydroxyl groups excluding tert-OH is 1. The van der Waals surface area contributed by atoms with E-state index in [1.807, 2.05) is 36.2 Å². The molecule has 2 amide bonds. The van der Waals surface area contributed by atoms with E-state index in [-0.39, 0.29) is 36.7 Å². The van der Waals surface area contributed by atoms with E-state index in [9.17, 15) is 15.2 Å². The van der Waals surface area contributed by atoms with Crippen molar-refractivity contribution < 1.29 is 9.90 Å². The minimum atomic E-state index is -0.0592. The van der Waals surface area contributed by atoms with E-state index in [4.69, 9.17) is 0 Å². The first-order valence-corrected chi connectivity index (χ1v) is 12.2. The molecule has 6 heteroatoms. The molecule has 3 aliphatic rings. The zero-order valence-corrected chi connectivity index (χ0v) is 19.2. The fourth-order valence-electron chi connectivity index (χ4n) is 6.13. The molecule has 172 valence electrons. The van der Waals surface area contributed by atoms with Crippen LogP contribution in [-0.4, -0.2) is 48.3 Å². The van der Waals surface area contributed by atoms with Gasteiger partial charge in [0.15, 0.2) is 0 Å². The van der Waals surface area contributed by atoms with Crippen molar-refractivity contribution in [1.29, 1.82) is 5.26 Å². The molecule has 0 bridgehead atoms. The Morgan fingerprint density at radius 1 is 1.12 bits per heavy atom. The van der Waals surface area contributed by atoms with Crippen molar-refractivity contribution in [3.05, 3.63) is 53.6 Å². The number of benzene rings is 2. The first-order valence-electron chi connectivity index (χ1n) is 12.2. The fraction of sp³-hybridized carbons (Fsp3) is 0.481. The monoisotopic (exact) mass is 444 g/mol. The zero-order valence-electron chi connectivity index (χ0n) is 19.2. The second kappa shape index (κ2) is 9.07. The summed E-state index contributed by atoms with van der Waals surface area (Å²) in [4.78, 5) is 17.6. The molecule has 3 atom stereocenters. The van der Waals surface area contributed by atoms with Gasteiger partial charge in [0.1, 0.15) is 0 Å². The minimum Gasteiger partial charge on any atom is -0.394 e. The van der Waals surface area contributed by atoms with Gasteiger partial charge in [-0.3, -0.25) is 0 Å². The van der Waals surface area contributed by atoms with Crippen molar-refractivity contribution in [2.45, 2.75) is 56.7 Å². The third-order valence-corrected chi connectivity index (χ3v) is 7.87. The smallest absolute Gasteiger partial charge is 0.318 e. The van der Waals surface area contributed by atoms with Gasteiger partial charge in [-0.2, -0.15) is 5.26 Å². The quantitative estimate of drug-likeness (QED) is 0.733.